The molecule has 0 fully saturated rings. The first-order chi connectivity index (χ1) is 9.92. The lowest BCUT2D eigenvalue weighted by Crippen LogP contribution is -2.12. The number of halogens is 1. The Balaban J connectivity index is 2.17. The molecule has 0 aliphatic rings. The van der Waals surface area contributed by atoms with Gasteiger partial charge in [0.1, 0.15) is 4.21 Å². The summed E-state index contributed by atoms with van der Waals surface area (Å²) in [6.07, 6.45) is 0. The largest absolute Gasteiger partial charge is 0.312 e. The van der Waals surface area contributed by atoms with Gasteiger partial charge in [-0.3, -0.25) is 4.72 Å². The molecule has 0 radical (unpaired) electrons. The molecule has 4 nitrogen and oxygen atoms in total. The average molecular weight is 389 g/mol. The summed E-state index contributed by atoms with van der Waals surface area (Å²) in [7, 11) is -3.53. The number of hydrogen-bond donors (Lipinski definition) is 2. The SMILES string of the molecule is CCNCc1ccc(S(=O)(=O)Nc2ccc(C)c(Br)c2)s1. The summed E-state index contributed by atoms with van der Waals surface area (Å²) in [4.78, 5) is 1.00. The molecule has 0 saturated carbocycles. The van der Waals surface area contributed by atoms with Crippen LogP contribution in [0.25, 0.3) is 0 Å². The fourth-order valence-corrected chi connectivity index (χ4v) is 4.46. The van der Waals surface area contributed by atoms with Gasteiger partial charge in [0.2, 0.25) is 0 Å². The maximum absolute atomic E-state index is 12.3. The van der Waals surface area contributed by atoms with E-state index in [0.29, 0.717) is 16.4 Å². The van der Waals surface area contributed by atoms with Crippen molar-refractivity contribution < 1.29 is 8.42 Å². The Morgan fingerprint density at radius 1 is 1.24 bits per heavy atom. The number of nitrogens with one attached hydrogen (secondary N) is 2. The Hall–Kier alpha value is -0.890. The number of thiophene rings is 1. The van der Waals surface area contributed by atoms with E-state index in [1.54, 1.807) is 18.2 Å². The van der Waals surface area contributed by atoms with E-state index in [-0.39, 0.29) is 0 Å². The first-order valence-corrected chi connectivity index (χ1v) is 9.60. The molecule has 0 saturated heterocycles. The Bertz CT molecular complexity index is 726. The predicted octanol–water partition coefficient (Wildman–Crippen LogP) is 3.73. The molecule has 1 aromatic carbocycles. The lowest BCUT2D eigenvalue weighted by molar-refractivity contribution is 0.603. The lowest BCUT2D eigenvalue weighted by Gasteiger charge is -2.07. The van der Waals surface area contributed by atoms with Crippen LogP contribution >= 0.6 is 27.3 Å². The van der Waals surface area contributed by atoms with Gasteiger partial charge < -0.3 is 5.32 Å². The van der Waals surface area contributed by atoms with Crippen molar-refractivity contribution in [3.05, 3.63) is 45.2 Å². The summed E-state index contributed by atoms with van der Waals surface area (Å²) in [6.45, 7) is 5.51. The first kappa shape index (κ1) is 16.5. The van der Waals surface area contributed by atoms with Crippen LogP contribution in [0.3, 0.4) is 0 Å². The number of hydrogen-bond acceptors (Lipinski definition) is 4. The van der Waals surface area contributed by atoms with Crippen LogP contribution < -0.4 is 10.0 Å². The highest BCUT2D eigenvalue weighted by Gasteiger charge is 2.17. The van der Waals surface area contributed by atoms with Crippen molar-refractivity contribution >= 4 is 43.0 Å². The molecule has 0 bridgehead atoms. The normalized spacial score (nSPS) is 11.6. The van der Waals surface area contributed by atoms with Crippen LogP contribution in [0.15, 0.2) is 39.0 Å². The fourth-order valence-electron chi connectivity index (χ4n) is 1.71. The Morgan fingerprint density at radius 2 is 2.00 bits per heavy atom. The molecular weight excluding hydrogens is 372 g/mol. The second-order valence-corrected chi connectivity index (χ2v) is 8.50. The first-order valence-electron chi connectivity index (χ1n) is 6.51. The molecule has 2 aromatic rings. The minimum absolute atomic E-state index is 0.326. The van der Waals surface area contributed by atoms with Crippen LogP contribution in [0.2, 0.25) is 0 Å². The summed E-state index contributed by atoms with van der Waals surface area (Å²) >= 11 is 4.68. The number of benzene rings is 1. The summed E-state index contributed by atoms with van der Waals surface area (Å²) < 4.78 is 28.5. The standard InChI is InChI=1S/C14H17BrN2O2S2/c1-3-16-9-12-6-7-14(20-12)21(18,19)17-11-5-4-10(2)13(15)8-11/h4-8,16-17H,3,9H2,1-2H3. The molecule has 0 atom stereocenters. The van der Waals surface area contributed by atoms with Crippen molar-refractivity contribution in [1.29, 1.82) is 0 Å². The minimum Gasteiger partial charge on any atom is -0.312 e. The van der Waals surface area contributed by atoms with Gasteiger partial charge in [0.05, 0.1) is 0 Å². The van der Waals surface area contributed by atoms with E-state index in [1.807, 2.05) is 26.0 Å². The van der Waals surface area contributed by atoms with E-state index in [2.05, 4.69) is 26.0 Å². The summed E-state index contributed by atoms with van der Waals surface area (Å²) in [5, 5.41) is 3.18. The monoisotopic (exact) mass is 388 g/mol. The van der Waals surface area contributed by atoms with E-state index < -0.39 is 10.0 Å². The molecule has 21 heavy (non-hydrogen) atoms. The van der Waals surface area contributed by atoms with Gasteiger partial charge in [-0.2, -0.15) is 0 Å². The third-order valence-electron chi connectivity index (χ3n) is 2.88. The zero-order chi connectivity index (χ0) is 15.5. The van der Waals surface area contributed by atoms with Crippen LogP contribution in [0.1, 0.15) is 17.4 Å². The van der Waals surface area contributed by atoms with Crippen molar-refractivity contribution in [1.82, 2.24) is 5.32 Å². The number of rotatable bonds is 6. The second-order valence-electron chi connectivity index (χ2n) is 4.57. The van der Waals surface area contributed by atoms with Gasteiger partial charge in [0, 0.05) is 21.6 Å². The molecule has 1 heterocycles. The van der Waals surface area contributed by atoms with Gasteiger partial charge in [-0.15, -0.1) is 11.3 Å². The van der Waals surface area contributed by atoms with Crippen molar-refractivity contribution in [2.24, 2.45) is 0 Å². The summed E-state index contributed by atoms with van der Waals surface area (Å²) in [5.41, 5.74) is 1.61. The number of sulfonamides is 1. The topological polar surface area (TPSA) is 58.2 Å². The third-order valence-corrected chi connectivity index (χ3v) is 6.69. The molecule has 7 heteroatoms. The molecule has 0 aliphatic heterocycles. The molecular formula is C14H17BrN2O2S2. The van der Waals surface area contributed by atoms with Crippen molar-refractivity contribution in [2.45, 2.75) is 24.6 Å². The molecule has 2 N–H and O–H groups in total. The molecule has 0 unspecified atom stereocenters. The molecule has 0 aliphatic carbocycles. The molecule has 0 spiro atoms. The van der Waals surface area contributed by atoms with Crippen molar-refractivity contribution in [3.8, 4) is 0 Å². The lowest BCUT2D eigenvalue weighted by atomic mass is 10.2. The second kappa shape index (κ2) is 6.91. The Morgan fingerprint density at radius 3 is 2.67 bits per heavy atom. The smallest absolute Gasteiger partial charge is 0.271 e. The molecule has 0 amide bonds. The fraction of sp³-hybridized carbons (Fsp3) is 0.286. The van der Waals surface area contributed by atoms with Gasteiger partial charge in [-0.25, -0.2) is 8.42 Å². The summed E-state index contributed by atoms with van der Waals surface area (Å²) in [5.74, 6) is 0. The van der Waals surface area contributed by atoms with Crippen LogP contribution in [0, 0.1) is 6.92 Å². The van der Waals surface area contributed by atoms with Gasteiger partial charge >= 0.3 is 0 Å². The minimum atomic E-state index is -3.53. The number of anilines is 1. The zero-order valence-corrected chi connectivity index (χ0v) is 15.0. The maximum Gasteiger partial charge on any atom is 0.271 e. The van der Waals surface area contributed by atoms with Crippen LogP contribution in [0.4, 0.5) is 5.69 Å². The molecule has 2 rings (SSSR count). The molecule has 1 aromatic heterocycles. The van der Waals surface area contributed by atoms with Crippen LogP contribution in [0.5, 0.6) is 0 Å². The van der Waals surface area contributed by atoms with Crippen LogP contribution in [-0.2, 0) is 16.6 Å². The number of aryl methyl sites for hydroxylation is 1. The highest BCUT2D eigenvalue weighted by atomic mass is 79.9. The van der Waals surface area contributed by atoms with Gasteiger partial charge in [0.15, 0.2) is 0 Å². The van der Waals surface area contributed by atoms with E-state index in [0.717, 1.165) is 21.5 Å². The van der Waals surface area contributed by atoms with E-state index in [4.69, 9.17) is 0 Å². The molecule has 114 valence electrons. The van der Waals surface area contributed by atoms with Gasteiger partial charge in [0.25, 0.3) is 10.0 Å². The predicted molar refractivity (Wildman–Crippen MR) is 91.4 cm³/mol. The third kappa shape index (κ3) is 4.29. The summed E-state index contributed by atoms with van der Waals surface area (Å²) in [6, 6.07) is 8.87. The van der Waals surface area contributed by atoms with Crippen molar-refractivity contribution in [2.75, 3.05) is 11.3 Å². The van der Waals surface area contributed by atoms with Crippen molar-refractivity contribution in [3.63, 3.8) is 0 Å². The maximum atomic E-state index is 12.3. The average Bonchev–Trinajstić information content (AvgIpc) is 2.90. The van der Waals surface area contributed by atoms with E-state index >= 15 is 0 Å². The highest BCUT2D eigenvalue weighted by molar-refractivity contribution is 9.10. The van der Waals surface area contributed by atoms with E-state index in [1.165, 1.54) is 11.3 Å². The zero-order valence-electron chi connectivity index (χ0n) is 11.8. The Kier molecular flexibility index (Phi) is 5.43. The quantitative estimate of drug-likeness (QED) is 0.792. The van der Waals surface area contributed by atoms with Crippen LogP contribution in [-0.4, -0.2) is 15.0 Å². The van der Waals surface area contributed by atoms with E-state index in [9.17, 15) is 8.42 Å². The van der Waals surface area contributed by atoms with Gasteiger partial charge in [-0.05, 0) is 43.3 Å². The highest BCUT2D eigenvalue weighted by Crippen LogP contribution is 2.26. The van der Waals surface area contributed by atoms with Gasteiger partial charge in [-0.1, -0.05) is 28.9 Å². The Labute approximate surface area is 137 Å².